The molecule has 2 aromatic rings. The fraction of sp³-hybridized carbons (Fsp3) is 0.294. The second-order valence-corrected chi connectivity index (χ2v) is 7.20. The van der Waals surface area contributed by atoms with E-state index in [1.807, 2.05) is 18.2 Å². The molecule has 2 rings (SSSR count). The monoisotopic (exact) mass is 509 g/mol. The zero-order valence-corrected chi connectivity index (χ0v) is 16.8. The van der Waals surface area contributed by atoms with Crippen LogP contribution in [0, 0.1) is 0 Å². The van der Waals surface area contributed by atoms with E-state index in [0.717, 1.165) is 26.6 Å². The molecule has 1 atom stereocenters. The summed E-state index contributed by atoms with van der Waals surface area (Å²) in [5.74, 6) is -0.405. The minimum absolute atomic E-state index is 0.405. The molecule has 0 bridgehead atoms. The molecule has 27 heavy (non-hydrogen) atoms. The van der Waals surface area contributed by atoms with Gasteiger partial charge in [0.15, 0.2) is 0 Å². The van der Waals surface area contributed by atoms with Gasteiger partial charge in [-0.2, -0.15) is 17.6 Å². The van der Waals surface area contributed by atoms with Crippen molar-refractivity contribution in [3.63, 3.8) is 0 Å². The van der Waals surface area contributed by atoms with Gasteiger partial charge in [0.1, 0.15) is 5.75 Å². The molecular formula is C17H13Br2F4N3O. The van der Waals surface area contributed by atoms with Gasteiger partial charge in [-0.25, -0.2) is 0 Å². The highest BCUT2D eigenvalue weighted by Crippen LogP contribution is 2.32. The number of ether oxygens (including phenoxy) is 1. The maximum Gasteiger partial charge on any atom is 0.461 e. The lowest BCUT2D eigenvalue weighted by atomic mass is 9.99. The predicted molar refractivity (Wildman–Crippen MR) is 100 cm³/mol. The molecule has 0 saturated carbocycles. The largest absolute Gasteiger partial charge is 0.461 e. The standard InChI is InChI=1S/C17H13Br2F4N3O/c18-13-2-1-3-14(19)12(13)8-9-15(25-26-24)10-4-6-11(7-5-10)27-17(22,23)16(20)21/h1-7,15-16H,8-9H2. The molecule has 0 amide bonds. The summed E-state index contributed by atoms with van der Waals surface area (Å²) in [4.78, 5) is 2.83. The summed E-state index contributed by atoms with van der Waals surface area (Å²) >= 11 is 6.92. The van der Waals surface area contributed by atoms with E-state index < -0.39 is 24.3 Å². The first-order chi connectivity index (χ1) is 12.7. The van der Waals surface area contributed by atoms with E-state index in [1.54, 1.807) is 0 Å². The van der Waals surface area contributed by atoms with Crippen LogP contribution in [0.25, 0.3) is 10.4 Å². The first-order valence-electron chi connectivity index (χ1n) is 7.66. The zero-order chi connectivity index (χ0) is 20.0. The maximum absolute atomic E-state index is 12.9. The third kappa shape index (κ3) is 5.85. The molecule has 0 N–H and O–H groups in total. The van der Waals surface area contributed by atoms with Crippen molar-refractivity contribution in [1.29, 1.82) is 0 Å². The number of benzene rings is 2. The van der Waals surface area contributed by atoms with Gasteiger partial charge in [0.2, 0.25) is 0 Å². The fourth-order valence-electron chi connectivity index (χ4n) is 2.37. The van der Waals surface area contributed by atoms with Gasteiger partial charge >= 0.3 is 12.5 Å². The molecule has 0 spiro atoms. The van der Waals surface area contributed by atoms with Crippen molar-refractivity contribution in [2.75, 3.05) is 0 Å². The van der Waals surface area contributed by atoms with Crippen LogP contribution in [-0.4, -0.2) is 12.5 Å². The SMILES string of the molecule is [N-]=[N+]=NC(CCc1c(Br)cccc1Br)c1ccc(OC(F)(F)C(F)F)cc1. The number of rotatable bonds is 8. The molecule has 10 heteroatoms. The van der Waals surface area contributed by atoms with E-state index in [-0.39, 0.29) is 0 Å². The van der Waals surface area contributed by atoms with Crippen LogP contribution in [0.2, 0.25) is 0 Å². The predicted octanol–water partition coefficient (Wildman–Crippen LogP) is 7.43. The van der Waals surface area contributed by atoms with Crippen LogP contribution in [0.3, 0.4) is 0 Å². The topological polar surface area (TPSA) is 58.0 Å². The van der Waals surface area contributed by atoms with Crippen molar-refractivity contribution >= 4 is 31.9 Å². The third-order valence-electron chi connectivity index (χ3n) is 3.69. The summed E-state index contributed by atoms with van der Waals surface area (Å²) in [5.41, 5.74) is 10.4. The molecule has 0 aliphatic heterocycles. The van der Waals surface area contributed by atoms with Gasteiger partial charge < -0.3 is 4.74 Å². The molecule has 0 aromatic heterocycles. The highest BCUT2D eigenvalue weighted by molar-refractivity contribution is 9.11. The normalized spacial score (nSPS) is 12.6. The van der Waals surface area contributed by atoms with Crippen LogP contribution in [0.15, 0.2) is 56.5 Å². The van der Waals surface area contributed by atoms with E-state index >= 15 is 0 Å². The average Bonchev–Trinajstić information content (AvgIpc) is 2.60. The van der Waals surface area contributed by atoms with Crippen molar-refractivity contribution in [2.24, 2.45) is 5.11 Å². The number of halogens is 6. The molecule has 144 valence electrons. The Bertz CT molecular complexity index is 807. The van der Waals surface area contributed by atoms with E-state index in [2.05, 4.69) is 46.6 Å². The second-order valence-electron chi connectivity index (χ2n) is 5.49. The molecular weight excluding hydrogens is 498 g/mol. The summed E-state index contributed by atoms with van der Waals surface area (Å²) in [7, 11) is 0. The van der Waals surface area contributed by atoms with Crippen LogP contribution < -0.4 is 4.74 Å². The molecule has 1 unspecified atom stereocenters. The number of nitrogens with zero attached hydrogens (tertiary/aromatic N) is 3. The van der Waals surface area contributed by atoms with Crippen LogP contribution >= 0.6 is 31.9 Å². The van der Waals surface area contributed by atoms with Crippen molar-refractivity contribution < 1.29 is 22.3 Å². The Morgan fingerprint density at radius 2 is 1.67 bits per heavy atom. The first kappa shape index (κ1) is 21.5. The second kappa shape index (κ2) is 9.43. The van der Waals surface area contributed by atoms with E-state index in [4.69, 9.17) is 5.53 Å². The van der Waals surface area contributed by atoms with E-state index in [0.29, 0.717) is 18.4 Å². The number of alkyl halides is 4. The molecule has 0 aliphatic carbocycles. The van der Waals surface area contributed by atoms with Crippen LogP contribution in [0.5, 0.6) is 5.75 Å². The summed E-state index contributed by atoms with van der Waals surface area (Å²) in [6.45, 7) is 0. The lowest BCUT2D eigenvalue weighted by molar-refractivity contribution is -0.253. The van der Waals surface area contributed by atoms with Gasteiger partial charge in [0, 0.05) is 13.9 Å². The minimum atomic E-state index is -4.57. The third-order valence-corrected chi connectivity index (χ3v) is 5.18. The number of azide groups is 1. The maximum atomic E-state index is 12.9. The van der Waals surface area contributed by atoms with Crippen LogP contribution in [0.4, 0.5) is 17.6 Å². The molecule has 0 heterocycles. The van der Waals surface area contributed by atoms with Crippen LogP contribution in [-0.2, 0) is 6.42 Å². The van der Waals surface area contributed by atoms with Gasteiger partial charge in [-0.3, -0.25) is 0 Å². The summed E-state index contributed by atoms with van der Waals surface area (Å²) < 4.78 is 56.1. The highest BCUT2D eigenvalue weighted by Gasteiger charge is 2.43. The molecule has 0 aliphatic rings. The van der Waals surface area contributed by atoms with E-state index in [9.17, 15) is 17.6 Å². The lowest BCUT2D eigenvalue weighted by Crippen LogP contribution is -2.33. The molecule has 0 saturated heterocycles. The smallest absolute Gasteiger partial charge is 0.428 e. The Hall–Kier alpha value is -1.77. The van der Waals surface area contributed by atoms with Gasteiger partial charge in [0.05, 0.1) is 6.04 Å². The number of hydrogen-bond donors (Lipinski definition) is 0. The molecule has 4 nitrogen and oxygen atoms in total. The molecule has 0 radical (unpaired) electrons. The summed E-state index contributed by atoms with van der Waals surface area (Å²) in [5, 5.41) is 3.74. The van der Waals surface area contributed by atoms with Crippen molar-refractivity contribution in [3.8, 4) is 5.75 Å². The van der Waals surface area contributed by atoms with Crippen molar-refractivity contribution in [2.45, 2.75) is 31.4 Å². The van der Waals surface area contributed by atoms with Crippen LogP contribution in [0.1, 0.15) is 23.6 Å². The Balaban J connectivity index is 2.14. The van der Waals surface area contributed by atoms with Gasteiger partial charge in [0.25, 0.3) is 0 Å². The Kier molecular flexibility index (Phi) is 7.52. The minimum Gasteiger partial charge on any atom is -0.428 e. The van der Waals surface area contributed by atoms with Gasteiger partial charge in [-0.05, 0) is 53.8 Å². The molecule has 0 fully saturated rings. The average molecular weight is 511 g/mol. The fourth-order valence-corrected chi connectivity index (χ4v) is 3.76. The summed E-state index contributed by atoms with van der Waals surface area (Å²) in [6, 6.07) is 10.2. The Morgan fingerprint density at radius 3 is 2.19 bits per heavy atom. The van der Waals surface area contributed by atoms with Crippen molar-refractivity contribution in [1.82, 2.24) is 0 Å². The lowest BCUT2D eigenvalue weighted by Gasteiger charge is -2.18. The van der Waals surface area contributed by atoms with Crippen molar-refractivity contribution in [3.05, 3.63) is 73.0 Å². The quantitative estimate of drug-likeness (QED) is 0.157. The van der Waals surface area contributed by atoms with Gasteiger partial charge in [-0.15, -0.1) is 0 Å². The molecule has 2 aromatic carbocycles. The first-order valence-corrected chi connectivity index (χ1v) is 9.25. The summed E-state index contributed by atoms with van der Waals surface area (Å²) in [6.07, 6.45) is -7.47. The Morgan fingerprint density at radius 1 is 1.07 bits per heavy atom. The zero-order valence-electron chi connectivity index (χ0n) is 13.6. The highest BCUT2D eigenvalue weighted by atomic mass is 79.9. The van der Waals surface area contributed by atoms with E-state index in [1.165, 1.54) is 12.1 Å². The Labute approximate surface area is 169 Å². The number of hydrogen-bond acceptors (Lipinski definition) is 2. The van der Waals surface area contributed by atoms with Gasteiger partial charge in [-0.1, -0.05) is 55.2 Å².